The third-order valence-electron chi connectivity index (χ3n) is 1.72. The average Bonchev–Trinajstić information content (AvgIpc) is 2.16. The Morgan fingerprint density at radius 3 is 2.56 bits per heavy atom. The zero-order valence-electron chi connectivity index (χ0n) is 8.44. The molecule has 0 spiro atoms. The molecule has 0 amide bonds. The molecule has 16 heavy (non-hydrogen) atoms. The molecular formula is C9H10BrClO4S. The van der Waals surface area contributed by atoms with Crippen LogP contribution in [0.5, 0.6) is 5.75 Å². The van der Waals surface area contributed by atoms with Gasteiger partial charge in [0.05, 0.1) is 11.5 Å². The van der Waals surface area contributed by atoms with E-state index in [1.165, 1.54) is 12.1 Å². The zero-order chi connectivity index (χ0) is 12.2. The van der Waals surface area contributed by atoms with Crippen molar-refractivity contribution in [2.75, 3.05) is 20.3 Å². The first-order valence-corrected chi connectivity index (χ1v) is 7.41. The molecule has 0 saturated heterocycles. The lowest BCUT2D eigenvalue weighted by Gasteiger charge is -2.07. The van der Waals surface area contributed by atoms with Crippen LogP contribution in [0.4, 0.5) is 0 Å². The average molecular weight is 330 g/mol. The molecule has 0 heterocycles. The van der Waals surface area contributed by atoms with Crippen molar-refractivity contribution in [2.24, 2.45) is 0 Å². The second-order valence-corrected chi connectivity index (χ2v) is 6.26. The Morgan fingerprint density at radius 2 is 2.06 bits per heavy atom. The van der Waals surface area contributed by atoms with Crippen LogP contribution >= 0.6 is 26.6 Å². The summed E-state index contributed by atoms with van der Waals surface area (Å²) in [5.41, 5.74) is 0. The molecule has 0 aliphatic carbocycles. The largest absolute Gasteiger partial charge is 0.491 e. The van der Waals surface area contributed by atoms with Crippen molar-refractivity contribution in [3.05, 3.63) is 22.7 Å². The van der Waals surface area contributed by atoms with E-state index in [1.54, 1.807) is 13.2 Å². The maximum absolute atomic E-state index is 11.1. The fraction of sp³-hybridized carbons (Fsp3) is 0.333. The Balaban J connectivity index is 2.83. The van der Waals surface area contributed by atoms with Crippen LogP contribution < -0.4 is 4.74 Å². The Labute approximate surface area is 107 Å². The lowest BCUT2D eigenvalue weighted by Crippen LogP contribution is -2.04. The molecule has 0 fully saturated rings. The standard InChI is InChI=1S/C9H10BrClO4S/c1-14-4-5-15-7-2-3-9(8(10)6-7)16(11,12)13/h2-3,6H,4-5H2,1H3. The van der Waals surface area contributed by atoms with E-state index in [1.807, 2.05) is 0 Å². The quantitative estimate of drug-likeness (QED) is 0.615. The molecule has 0 unspecified atom stereocenters. The number of rotatable bonds is 5. The molecule has 0 aliphatic rings. The first-order valence-electron chi connectivity index (χ1n) is 4.31. The van der Waals surface area contributed by atoms with Crippen LogP contribution in [0.3, 0.4) is 0 Å². The van der Waals surface area contributed by atoms with E-state index in [0.29, 0.717) is 23.4 Å². The number of methoxy groups -OCH3 is 1. The monoisotopic (exact) mass is 328 g/mol. The molecule has 0 bridgehead atoms. The Kier molecular flexibility index (Phi) is 5.04. The Bertz CT molecular complexity index is 461. The van der Waals surface area contributed by atoms with E-state index in [2.05, 4.69) is 15.9 Å². The molecule has 0 radical (unpaired) electrons. The highest BCUT2D eigenvalue weighted by Gasteiger charge is 2.14. The van der Waals surface area contributed by atoms with E-state index in [-0.39, 0.29) is 4.90 Å². The molecule has 1 rings (SSSR count). The maximum Gasteiger partial charge on any atom is 0.262 e. The van der Waals surface area contributed by atoms with Gasteiger partial charge in [0.1, 0.15) is 12.4 Å². The van der Waals surface area contributed by atoms with Gasteiger partial charge in [-0.2, -0.15) is 0 Å². The molecule has 90 valence electrons. The summed E-state index contributed by atoms with van der Waals surface area (Å²) in [6.07, 6.45) is 0. The minimum absolute atomic E-state index is 0.0215. The molecule has 4 nitrogen and oxygen atoms in total. The molecule has 0 N–H and O–H groups in total. The van der Waals surface area contributed by atoms with Gasteiger partial charge in [0.2, 0.25) is 0 Å². The van der Waals surface area contributed by atoms with Gasteiger partial charge in [-0.1, -0.05) is 0 Å². The van der Waals surface area contributed by atoms with Gasteiger partial charge >= 0.3 is 0 Å². The molecule has 7 heteroatoms. The van der Waals surface area contributed by atoms with Gasteiger partial charge in [-0.3, -0.25) is 0 Å². The van der Waals surface area contributed by atoms with Crippen molar-refractivity contribution in [1.29, 1.82) is 0 Å². The third kappa shape index (κ3) is 3.93. The second-order valence-electron chi connectivity index (χ2n) is 2.87. The number of hydrogen-bond acceptors (Lipinski definition) is 4. The number of benzene rings is 1. The van der Waals surface area contributed by atoms with Gasteiger partial charge in [-0.05, 0) is 34.1 Å². The minimum atomic E-state index is -3.73. The summed E-state index contributed by atoms with van der Waals surface area (Å²) >= 11 is 3.12. The molecule has 0 saturated carbocycles. The summed E-state index contributed by atoms with van der Waals surface area (Å²) in [6.45, 7) is 0.864. The van der Waals surface area contributed by atoms with Crippen LogP contribution in [0.2, 0.25) is 0 Å². The topological polar surface area (TPSA) is 52.6 Å². The van der Waals surface area contributed by atoms with Crippen LogP contribution in [0.25, 0.3) is 0 Å². The summed E-state index contributed by atoms with van der Waals surface area (Å²) in [5.74, 6) is 0.549. The van der Waals surface area contributed by atoms with Crippen LogP contribution in [0, 0.1) is 0 Å². The van der Waals surface area contributed by atoms with Gasteiger partial charge < -0.3 is 9.47 Å². The van der Waals surface area contributed by atoms with Gasteiger partial charge in [0.15, 0.2) is 0 Å². The fourth-order valence-corrected chi connectivity index (χ4v) is 3.21. The molecule has 0 aliphatic heterocycles. The molecular weight excluding hydrogens is 320 g/mol. The summed E-state index contributed by atoms with van der Waals surface area (Å²) < 4.78 is 32.7. The van der Waals surface area contributed by atoms with Gasteiger partial charge in [-0.15, -0.1) is 0 Å². The summed E-state index contributed by atoms with van der Waals surface area (Å²) in [5, 5.41) is 0. The highest BCUT2D eigenvalue weighted by Crippen LogP contribution is 2.28. The van der Waals surface area contributed by atoms with E-state index in [4.69, 9.17) is 20.2 Å². The first kappa shape index (κ1) is 13.8. The second kappa shape index (κ2) is 5.86. The molecule has 0 atom stereocenters. The van der Waals surface area contributed by atoms with E-state index < -0.39 is 9.05 Å². The normalized spacial score (nSPS) is 11.4. The smallest absolute Gasteiger partial charge is 0.262 e. The molecule has 1 aromatic rings. The van der Waals surface area contributed by atoms with E-state index in [0.717, 1.165) is 0 Å². The third-order valence-corrected chi connectivity index (χ3v) is 4.02. The predicted octanol–water partition coefficient (Wildman–Crippen LogP) is 2.40. The van der Waals surface area contributed by atoms with Crippen molar-refractivity contribution in [1.82, 2.24) is 0 Å². The number of halogens is 2. The lowest BCUT2D eigenvalue weighted by atomic mass is 10.3. The highest BCUT2D eigenvalue weighted by molar-refractivity contribution is 9.10. The van der Waals surface area contributed by atoms with Crippen LogP contribution in [-0.2, 0) is 13.8 Å². The van der Waals surface area contributed by atoms with Gasteiger partial charge in [0.25, 0.3) is 9.05 Å². The molecule has 1 aromatic carbocycles. The number of ether oxygens (including phenoxy) is 2. The van der Waals surface area contributed by atoms with E-state index >= 15 is 0 Å². The zero-order valence-corrected chi connectivity index (χ0v) is 11.6. The summed E-state index contributed by atoms with van der Waals surface area (Å²) in [4.78, 5) is 0.0215. The van der Waals surface area contributed by atoms with Crippen molar-refractivity contribution in [2.45, 2.75) is 4.90 Å². The van der Waals surface area contributed by atoms with Gasteiger partial charge in [0, 0.05) is 22.3 Å². The van der Waals surface area contributed by atoms with Crippen molar-refractivity contribution in [3.63, 3.8) is 0 Å². The van der Waals surface area contributed by atoms with Crippen molar-refractivity contribution >= 4 is 35.7 Å². The lowest BCUT2D eigenvalue weighted by molar-refractivity contribution is 0.146. The maximum atomic E-state index is 11.1. The highest BCUT2D eigenvalue weighted by atomic mass is 79.9. The van der Waals surface area contributed by atoms with Crippen molar-refractivity contribution < 1.29 is 17.9 Å². The Morgan fingerprint density at radius 1 is 1.38 bits per heavy atom. The Hall–Kier alpha value is -0.300. The van der Waals surface area contributed by atoms with Crippen LogP contribution in [0.15, 0.2) is 27.6 Å². The first-order chi connectivity index (χ1) is 7.45. The van der Waals surface area contributed by atoms with Crippen LogP contribution in [-0.4, -0.2) is 28.7 Å². The SMILES string of the molecule is COCCOc1ccc(S(=O)(=O)Cl)c(Br)c1. The molecule has 0 aromatic heterocycles. The number of hydrogen-bond donors (Lipinski definition) is 0. The predicted molar refractivity (Wildman–Crippen MR) is 64.6 cm³/mol. The summed E-state index contributed by atoms with van der Waals surface area (Å²) in [7, 11) is 3.07. The van der Waals surface area contributed by atoms with Crippen LogP contribution in [0.1, 0.15) is 0 Å². The van der Waals surface area contributed by atoms with Crippen molar-refractivity contribution in [3.8, 4) is 5.75 Å². The van der Waals surface area contributed by atoms with E-state index in [9.17, 15) is 8.42 Å². The fourth-order valence-electron chi connectivity index (χ4n) is 1.01. The minimum Gasteiger partial charge on any atom is -0.491 e. The summed E-state index contributed by atoms with van der Waals surface area (Å²) in [6, 6.07) is 4.47. The van der Waals surface area contributed by atoms with Gasteiger partial charge in [-0.25, -0.2) is 8.42 Å².